The third-order valence-electron chi connectivity index (χ3n) is 6.10. The summed E-state index contributed by atoms with van der Waals surface area (Å²) in [5.74, 6) is 1.98. The van der Waals surface area contributed by atoms with Crippen molar-refractivity contribution in [2.24, 2.45) is 5.92 Å². The third kappa shape index (κ3) is 4.75. The molecule has 2 aliphatic heterocycles. The Hall–Kier alpha value is -2.89. The van der Waals surface area contributed by atoms with Crippen LogP contribution in [0.2, 0.25) is 0 Å². The summed E-state index contributed by atoms with van der Waals surface area (Å²) in [6.07, 6.45) is 5.08. The number of nitrogens with one attached hydrogen (secondary N) is 1. The standard InChI is InChI=1S/C22H28N8O2S/c1-29(21(31)14-2-4-24-5-3-14)13-16-10-17-18(33-16)20(30-6-8-32-9-7-30)28-19(27-17)15-11-25-22(23)26-12-15/h10-12,14,24H,2-9,13H2,1H3,(H2,23,25,26). The molecule has 0 radical (unpaired) electrons. The fourth-order valence-corrected chi connectivity index (χ4v) is 5.47. The van der Waals surface area contributed by atoms with Crippen molar-refractivity contribution in [2.75, 3.05) is 57.1 Å². The molecular formula is C22H28N8O2S. The van der Waals surface area contributed by atoms with Crippen LogP contribution in [0.1, 0.15) is 17.7 Å². The Morgan fingerprint density at radius 3 is 2.70 bits per heavy atom. The number of aromatic nitrogens is 4. The highest BCUT2D eigenvalue weighted by Gasteiger charge is 2.25. The van der Waals surface area contributed by atoms with Gasteiger partial charge >= 0.3 is 0 Å². The van der Waals surface area contributed by atoms with Gasteiger partial charge in [-0.1, -0.05) is 0 Å². The minimum atomic E-state index is 0.103. The molecule has 0 unspecified atom stereocenters. The molecule has 10 nitrogen and oxygen atoms in total. The number of piperidine rings is 1. The van der Waals surface area contributed by atoms with Crippen LogP contribution >= 0.6 is 11.3 Å². The number of nitrogens with two attached hydrogens (primary N) is 1. The number of fused-ring (bicyclic) bond motifs is 1. The van der Waals surface area contributed by atoms with Crippen LogP contribution in [0, 0.1) is 5.92 Å². The van der Waals surface area contributed by atoms with Crippen molar-refractivity contribution in [1.29, 1.82) is 0 Å². The van der Waals surface area contributed by atoms with E-state index in [1.54, 1.807) is 23.7 Å². The van der Waals surface area contributed by atoms with Gasteiger partial charge in [0.05, 0.1) is 35.5 Å². The van der Waals surface area contributed by atoms with E-state index in [0.717, 1.165) is 59.9 Å². The van der Waals surface area contributed by atoms with Gasteiger partial charge < -0.3 is 25.6 Å². The lowest BCUT2D eigenvalue weighted by Crippen LogP contribution is -2.38. The van der Waals surface area contributed by atoms with E-state index >= 15 is 0 Å². The first-order chi connectivity index (χ1) is 16.1. The van der Waals surface area contributed by atoms with Gasteiger partial charge in [0.25, 0.3) is 0 Å². The Balaban J connectivity index is 1.47. The molecule has 5 heterocycles. The van der Waals surface area contributed by atoms with Crippen molar-refractivity contribution in [2.45, 2.75) is 19.4 Å². The Morgan fingerprint density at radius 2 is 1.97 bits per heavy atom. The topological polar surface area (TPSA) is 122 Å². The van der Waals surface area contributed by atoms with Crippen molar-refractivity contribution >= 4 is 39.2 Å². The molecule has 33 heavy (non-hydrogen) atoms. The van der Waals surface area contributed by atoms with Gasteiger partial charge in [-0.2, -0.15) is 0 Å². The molecule has 3 N–H and O–H groups in total. The van der Waals surface area contributed by atoms with Gasteiger partial charge in [-0.15, -0.1) is 11.3 Å². The molecule has 2 aliphatic rings. The Morgan fingerprint density at radius 1 is 1.24 bits per heavy atom. The summed E-state index contributed by atoms with van der Waals surface area (Å²) in [6.45, 7) is 5.24. The Labute approximate surface area is 196 Å². The van der Waals surface area contributed by atoms with Crippen molar-refractivity contribution < 1.29 is 9.53 Å². The number of anilines is 2. The second kappa shape index (κ2) is 9.54. The van der Waals surface area contributed by atoms with Crippen LogP contribution in [0.4, 0.5) is 11.8 Å². The fraction of sp³-hybridized carbons (Fsp3) is 0.500. The molecule has 5 rings (SSSR count). The van der Waals surface area contributed by atoms with Gasteiger partial charge in [-0.25, -0.2) is 19.9 Å². The maximum Gasteiger partial charge on any atom is 0.225 e. The van der Waals surface area contributed by atoms with Crippen LogP contribution in [0.5, 0.6) is 0 Å². The summed E-state index contributed by atoms with van der Waals surface area (Å²) in [4.78, 5) is 36.0. The van der Waals surface area contributed by atoms with E-state index in [2.05, 4.69) is 26.3 Å². The maximum absolute atomic E-state index is 12.9. The summed E-state index contributed by atoms with van der Waals surface area (Å²) in [5, 5.41) is 3.32. The molecule has 1 amide bonds. The van der Waals surface area contributed by atoms with Crippen molar-refractivity contribution in [1.82, 2.24) is 30.2 Å². The minimum Gasteiger partial charge on any atom is -0.378 e. The molecule has 3 aromatic heterocycles. The largest absolute Gasteiger partial charge is 0.378 e. The molecule has 0 aliphatic carbocycles. The Bertz CT molecular complexity index is 1120. The lowest BCUT2D eigenvalue weighted by atomic mass is 9.97. The Kier molecular flexibility index (Phi) is 6.34. The number of rotatable bonds is 5. The average molecular weight is 469 g/mol. The first kappa shape index (κ1) is 21.9. The van der Waals surface area contributed by atoms with Crippen LogP contribution < -0.4 is 16.0 Å². The average Bonchev–Trinajstić information content (AvgIpc) is 3.26. The highest BCUT2D eigenvalue weighted by molar-refractivity contribution is 7.19. The highest BCUT2D eigenvalue weighted by atomic mass is 32.1. The number of hydrogen-bond donors (Lipinski definition) is 2. The number of carbonyl (C=O) groups is 1. The van der Waals surface area contributed by atoms with Crippen LogP contribution in [-0.2, 0) is 16.1 Å². The van der Waals surface area contributed by atoms with Crippen molar-refractivity contribution in [3.63, 3.8) is 0 Å². The number of morpholine rings is 1. The molecular weight excluding hydrogens is 440 g/mol. The molecule has 0 aromatic carbocycles. The number of nitrogen functional groups attached to an aromatic ring is 1. The molecule has 0 saturated carbocycles. The predicted octanol–water partition coefficient (Wildman–Crippen LogP) is 1.53. The maximum atomic E-state index is 12.9. The zero-order valence-corrected chi connectivity index (χ0v) is 19.5. The van der Waals surface area contributed by atoms with Crippen LogP contribution in [-0.4, -0.2) is 77.2 Å². The summed E-state index contributed by atoms with van der Waals surface area (Å²) < 4.78 is 6.56. The van der Waals surface area contributed by atoms with Gasteiger partial charge in [0.1, 0.15) is 0 Å². The van der Waals surface area contributed by atoms with E-state index in [9.17, 15) is 4.79 Å². The summed E-state index contributed by atoms with van der Waals surface area (Å²) in [6, 6.07) is 2.07. The van der Waals surface area contributed by atoms with E-state index in [4.69, 9.17) is 20.4 Å². The second-order valence-corrected chi connectivity index (χ2v) is 9.58. The molecule has 2 saturated heterocycles. The first-order valence-electron chi connectivity index (χ1n) is 11.3. The first-order valence-corrected chi connectivity index (χ1v) is 12.1. The molecule has 2 fully saturated rings. The van der Waals surface area contributed by atoms with E-state index in [0.29, 0.717) is 31.1 Å². The van der Waals surface area contributed by atoms with Gasteiger partial charge in [-0.05, 0) is 32.0 Å². The normalized spacial score (nSPS) is 17.4. The SMILES string of the molecule is CN(Cc1cc2nc(-c3cnc(N)nc3)nc(N3CCOCC3)c2s1)C(=O)C1CCNCC1. The number of ether oxygens (including phenoxy) is 1. The van der Waals surface area contributed by atoms with E-state index in [-0.39, 0.29) is 17.8 Å². The lowest BCUT2D eigenvalue weighted by molar-refractivity contribution is -0.135. The number of carbonyl (C=O) groups excluding carboxylic acids is 1. The molecule has 0 bridgehead atoms. The van der Waals surface area contributed by atoms with E-state index < -0.39 is 0 Å². The lowest BCUT2D eigenvalue weighted by Gasteiger charge is -2.28. The summed E-state index contributed by atoms with van der Waals surface area (Å²) in [7, 11) is 1.89. The number of nitrogens with zero attached hydrogens (tertiary/aromatic N) is 6. The fourth-order valence-electron chi connectivity index (χ4n) is 4.31. The minimum absolute atomic E-state index is 0.103. The second-order valence-electron chi connectivity index (χ2n) is 8.45. The molecule has 3 aromatic rings. The molecule has 0 atom stereocenters. The quantitative estimate of drug-likeness (QED) is 0.574. The van der Waals surface area contributed by atoms with Crippen molar-refractivity contribution in [3.05, 3.63) is 23.3 Å². The number of hydrogen-bond acceptors (Lipinski definition) is 10. The van der Waals surface area contributed by atoms with Crippen LogP contribution in [0.3, 0.4) is 0 Å². The smallest absolute Gasteiger partial charge is 0.225 e. The zero-order valence-electron chi connectivity index (χ0n) is 18.7. The summed E-state index contributed by atoms with van der Waals surface area (Å²) in [5.41, 5.74) is 7.23. The third-order valence-corrected chi connectivity index (χ3v) is 7.21. The van der Waals surface area contributed by atoms with Gasteiger partial charge in [0.2, 0.25) is 11.9 Å². The number of thiophene rings is 1. The monoisotopic (exact) mass is 468 g/mol. The van der Waals surface area contributed by atoms with Gasteiger partial charge in [-0.3, -0.25) is 4.79 Å². The molecule has 174 valence electrons. The molecule has 11 heteroatoms. The predicted molar refractivity (Wildman–Crippen MR) is 128 cm³/mol. The zero-order chi connectivity index (χ0) is 22.8. The highest BCUT2D eigenvalue weighted by Crippen LogP contribution is 2.35. The van der Waals surface area contributed by atoms with E-state index in [1.807, 2.05) is 11.9 Å². The van der Waals surface area contributed by atoms with Gasteiger partial charge in [0, 0.05) is 43.3 Å². The van der Waals surface area contributed by atoms with Crippen LogP contribution in [0.25, 0.3) is 21.6 Å². The van der Waals surface area contributed by atoms with Gasteiger partial charge in [0.15, 0.2) is 11.6 Å². The summed E-state index contributed by atoms with van der Waals surface area (Å²) >= 11 is 1.65. The van der Waals surface area contributed by atoms with Crippen LogP contribution in [0.15, 0.2) is 18.5 Å². The molecule has 0 spiro atoms. The van der Waals surface area contributed by atoms with E-state index in [1.165, 1.54) is 0 Å². The van der Waals surface area contributed by atoms with Crippen molar-refractivity contribution in [3.8, 4) is 11.4 Å². The number of amides is 1.